The van der Waals surface area contributed by atoms with E-state index in [4.69, 9.17) is 5.11 Å². The van der Waals surface area contributed by atoms with Gasteiger partial charge in [-0.15, -0.1) is 22.7 Å². The number of nitrogens with zero attached hydrogens (tertiary/aromatic N) is 1. The zero-order valence-corrected chi connectivity index (χ0v) is 13.4. The van der Waals surface area contributed by atoms with E-state index in [0.717, 1.165) is 9.88 Å². The fourth-order valence-corrected chi connectivity index (χ4v) is 3.16. The number of hydrogen-bond donors (Lipinski definition) is 2. The number of carbonyl (C=O) groups is 2. The summed E-state index contributed by atoms with van der Waals surface area (Å²) in [6.45, 7) is 3.25. The highest BCUT2D eigenvalue weighted by atomic mass is 32.1. The van der Waals surface area contributed by atoms with Crippen LogP contribution in [-0.4, -0.2) is 28.5 Å². The molecule has 112 valence electrons. The lowest BCUT2D eigenvalue weighted by molar-refractivity contribution is -0.146. The molecule has 0 aliphatic carbocycles. The number of aliphatic carboxylic acids is 1. The van der Waals surface area contributed by atoms with E-state index in [1.807, 2.05) is 22.9 Å². The molecule has 0 spiro atoms. The Hall–Kier alpha value is -1.73. The molecule has 0 bridgehead atoms. The van der Waals surface area contributed by atoms with Gasteiger partial charge >= 0.3 is 5.97 Å². The number of carboxylic acid groups (broad SMARTS) is 1. The van der Waals surface area contributed by atoms with Gasteiger partial charge in [0.05, 0.1) is 22.4 Å². The zero-order valence-electron chi connectivity index (χ0n) is 11.8. The number of hydrogen-bond acceptors (Lipinski definition) is 5. The molecule has 2 aromatic heterocycles. The van der Waals surface area contributed by atoms with Crippen LogP contribution in [0.25, 0.3) is 9.88 Å². The Morgan fingerprint density at radius 2 is 2.14 bits per heavy atom. The number of amides is 1. The second kappa shape index (κ2) is 6.36. The highest BCUT2D eigenvalue weighted by molar-refractivity contribution is 7.20. The van der Waals surface area contributed by atoms with Gasteiger partial charge in [-0.3, -0.25) is 9.59 Å². The molecule has 0 atom stereocenters. The molecule has 5 nitrogen and oxygen atoms in total. The van der Waals surface area contributed by atoms with E-state index >= 15 is 0 Å². The number of carbonyl (C=O) groups excluding carboxylic acids is 1. The number of thiophene rings is 1. The molecule has 2 heterocycles. The van der Waals surface area contributed by atoms with Gasteiger partial charge in [-0.25, -0.2) is 4.98 Å². The summed E-state index contributed by atoms with van der Waals surface area (Å²) in [6, 6.07) is 3.95. The van der Waals surface area contributed by atoms with Crippen LogP contribution in [0.5, 0.6) is 0 Å². The van der Waals surface area contributed by atoms with Crippen molar-refractivity contribution in [2.45, 2.75) is 20.3 Å². The van der Waals surface area contributed by atoms with E-state index in [1.165, 1.54) is 11.3 Å². The Morgan fingerprint density at radius 3 is 2.76 bits per heavy atom. The second-order valence-corrected chi connectivity index (χ2v) is 7.07. The summed E-state index contributed by atoms with van der Waals surface area (Å²) in [7, 11) is 0. The molecule has 0 aromatic carbocycles. The van der Waals surface area contributed by atoms with Gasteiger partial charge in [0.1, 0.15) is 5.01 Å². The number of carboxylic acids is 1. The average Bonchev–Trinajstić information content (AvgIpc) is 3.06. The first-order valence-electron chi connectivity index (χ1n) is 6.37. The lowest BCUT2D eigenvalue weighted by Crippen LogP contribution is -2.39. The minimum Gasteiger partial charge on any atom is -0.481 e. The molecule has 0 aliphatic rings. The summed E-state index contributed by atoms with van der Waals surface area (Å²) in [4.78, 5) is 28.3. The molecule has 0 fully saturated rings. The van der Waals surface area contributed by atoms with Crippen molar-refractivity contribution in [2.24, 2.45) is 5.41 Å². The predicted octanol–water partition coefficient (Wildman–Crippen LogP) is 2.64. The number of thiazole rings is 1. The van der Waals surface area contributed by atoms with Crippen LogP contribution >= 0.6 is 22.7 Å². The first kappa shape index (κ1) is 15.7. The van der Waals surface area contributed by atoms with E-state index < -0.39 is 11.4 Å². The number of rotatable bonds is 6. The normalized spacial score (nSPS) is 11.3. The highest BCUT2D eigenvalue weighted by Gasteiger charge is 2.27. The third-order valence-electron chi connectivity index (χ3n) is 2.93. The van der Waals surface area contributed by atoms with Crippen molar-refractivity contribution in [1.82, 2.24) is 10.3 Å². The van der Waals surface area contributed by atoms with Crippen LogP contribution < -0.4 is 5.32 Å². The van der Waals surface area contributed by atoms with Crippen molar-refractivity contribution in [3.8, 4) is 9.88 Å². The monoisotopic (exact) mass is 324 g/mol. The molecule has 2 aromatic rings. The first-order valence-corrected chi connectivity index (χ1v) is 8.13. The summed E-state index contributed by atoms with van der Waals surface area (Å²) >= 11 is 3.11. The first-order chi connectivity index (χ1) is 9.88. The van der Waals surface area contributed by atoms with Crippen LogP contribution in [0.15, 0.2) is 22.9 Å². The fourth-order valence-electron chi connectivity index (χ4n) is 1.52. The molecule has 1 amide bonds. The maximum Gasteiger partial charge on any atom is 0.310 e. The van der Waals surface area contributed by atoms with Crippen LogP contribution in [0.4, 0.5) is 0 Å². The largest absolute Gasteiger partial charge is 0.481 e. The van der Waals surface area contributed by atoms with Gasteiger partial charge in [-0.05, 0) is 25.3 Å². The highest BCUT2D eigenvalue weighted by Crippen LogP contribution is 2.27. The Labute approximate surface area is 130 Å². The van der Waals surface area contributed by atoms with Crippen molar-refractivity contribution in [3.05, 3.63) is 28.6 Å². The SMILES string of the molecule is CC(C)(CNC(=O)Cc1csc(-c2cccs2)n1)C(=O)O. The summed E-state index contributed by atoms with van der Waals surface area (Å²) in [5.74, 6) is -1.15. The van der Waals surface area contributed by atoms with Crippen molar-refractivity contribution in [1.29, 1.82) is 0 Å². The molecule has 0 radical (unpaired) electrons. The predicted molar refractivity (Wildman–Crippen MR) is 83.6 cm³/mol. The Bertz CT molecular complexity index is 632. The maximum absolute atomic E-state index is 11.8. The van der Waals surface area contributed by atoms with E-state index in [-0.39, 0.29) is 18.9 Å². The van der Waals surface area contributed by atoms with Gasteiger partial charge in [-0.2, -0.15) is 0 Å². The average molecular weight is 324 g/mol. The maximum atomic E-state index is 11.8. The third kappa shape index (κ3) is 4.12. The third-order valence-corrected chi connectivity index (χ3v) is 4.86. The molecule has 0 aliphatic heterocycles. The standard InChI is InChI=1S/C14H16N2O3S2/c1-14(2,13(18)19)8-15-11(17)6-9-7-21-12(16-9)10-4-3-5-20-10/h3-5,7H,6,8H2,1-2H3,(H,15,17)(H,18,19). The summed E-state index contributed by atoms with van der Waals surface area (Å²) in [5.41, 5.74) is -0.270. The van der Waals surface area contributed by atoms with Crippen LogP contribution in [-0.2, 0) is 16.0 Å². The van der Waals surface area contributed by atoms with E-state index in [9.17, 15) is 9.59 Å². The molecule has 7 heteroatoms. The van der Waals surface area contributed by atoms with Crippen molar-refractivity contribution in [2.75, 3.05) is 6.54 Å². The van der Waals surface area contributed by atoms with E-state index in [1.54, 1.807) is 25.2 Å². The van der Waals surface area contributed by atoms with Crippen LogP contribution in [0.3, 0.4) is 0 Å². The van der Waals surface area contributed by atoms with Crippen molar-refractivity contribution in [3.63, 3.8) is 0 Å². The van der Waals surface area contributed by atoms with Gasteiger partial charge in [-0.1, -0.05) is 6.07 Å². The topological polar surface area (TPSA) is 79.3 Å². The van der Waals surface area contributed by atoms with Crippen LogP contribution in [0.1, 0.15) is 19.5 Å². The number of aromatic nitrogens is 1. The minimum absolute atomic E-state index is 0.100. The molecule has 21 heavy (non-hydrogen) atoms. The van der Waals surface area contributed by atoms with Gasteiger partial charge in [0.25, 0.3) is 0 Å². The lowest BCUT2D eigenvalue weighted by atomic mass is 9.94. The Morgan fingerprint density at radius 1 is 1.38 bits per heavy atom. The quantitative estimate of drug-likeness (QED) is 0.856. The van der Waals surface area contributed by atoms with E-state index in [0.29, 0.717) is 5.69 Å². The lowest BCUT2D eigenvalue weighted by Gasteiger charge is -2.19. The van der Waals surface area contributed by atoms with E-state index in [2.05, 4.69) is 10.3 Å². The number of nitrogens with one attached hydrogen (secondary N) is 1. The molecule has 2 rings (SSSR count). The minimum atomic E-state index is -0.972. The van der Waals surface area contributed by atoms with Crippen LogP contribution in [0, 0.1) is 5.41 Å². The molecular formula is C14H16N2O3S2. The molecule has 0 unspecified atom stereocenters. The molecule has 0 saturated carbocycles. The molecule has 0 saturated heterocycles. The molecular weight excluding hydrogens is 308 g/mol. The van der Waals surface area contributed by atoms with Gasteiger partial charge in [0, 0.05) is 11.9 Å². The van der Waals surface area contributed by atoms with Gasteiger partial charge < -0.3 is 10.4 Å². The summed E-state index contributed by atoms with van der Waals surface area (Å²) in [6.07, 6.45) is 0.164. The summed E-state index contributed by atoms with van der Waals surface area (Å²) in [5, 5.41) is 16.4. The smallest absolute Gasteiger partial charge is 0.310 e. The van der Waals surface area contributed by atoms with Crippen molar-refractivity contribution >= 4 is 34.6 Å². The fraction of sp³-hybridized carbons (Fsp3) is 0.357. The Kier molecular flexibility index (Phi) is 4.74. The zero-order chi connectivity index (χ0) is 15.5. The van der Waals surface area contributed by atoms with Crippen LogP contribution in [0.2, 0.25) is 0 Å². The van der Waals surface area contributed by atoms with Crippen molar-refractivity contribution < 1.29 is 14.7 Å². The Balaban J connectivity index is 1.90. The second-order valence-electron chi connectivity index (χ2n) is 5.26. The summed E-state index contributed by atoms with van der Waals surface area (Å²) < 4.78 is 0. The van der Waals surface area contributed by atoms with Gasteiger partial charge in [0.15, 0.2) is 0 Å². The molecule has 2 N–H and O–H groups in total. The van der Waals surface area contributed by atoms with Gasteiger partial charge in [0.2, 0.25) is 5.91 Å².